The summed E-state index contributed by atoms with van der Waals surface area (Å²) >= 11 is 3.38. The fourth-order valence-electron chi connectivity index (χ4n) is 2.37. The van der Waals surface area contributed by atoms with E-state index in [1.165, 1.54) is 6.08 Å². The summed E-state index contributed by atoms with van der Waals surface area (Å²) in [5.41, 5.74) is 1.42. The maximum atomic E-state index is 12.4. The van der Waals surface area contributed by atoms with E-state index in [0.29, 0.717) is 22.8 Å². The predicted octanol–water partition coefficient (Wildman–Crippen LogP) is 5.13. The molecule has 0 aliphatic rings. The minimum atomic E-state index is -0.609. The number of amides is 1. The zero-order chi connectivity index (χ0) is 19.2. The summed E-state index contributed by atoms with van der Waals surface area (Å²) in [5, 5.41) is 21.0. The molecular formula is C21H12BrN3O2. The van der Waals surface area contributed by atoms with Gasteiger partial charge in [-0.2, -0.15) is 10.5 Å². The second kappa shape index (κ2) is 8.18. The highest BCUT2D eigenvalue weighted by Crippen LogP contribution is 2.25. The summed E-state index contributed by atoms with van der Waals surface area (Å²) in [6, 6.07) is 21.5. The van der Waals surface area contributed by atoms with Gasteiger partial charge >= 0.3 is 0 Å². The van der Waals surface area contributed by atoms with Crippen LogP contribution in [0.1, 0.15) is 11.3 Å². The van der Waals surface area contributed by atoms with Crippen molar-refractivity contribution >= 4 is 33.6 Å². The zero-order valence-corrected chi connectivity index (χ0v) is 15.5. The van der Waals surface area contributed by atoms with Gasteiger partial charge in [-0.15, -0.1) is 0 Å². The van der Waals surface area contributed by atoms with Gasteiger partial charge in [-0.05, 0) is 36.4 Å². The van der Waals surface area contributed by atoms with Crippen molar-refractivity contribution in [3.05, 3.63) is 82.0 Å². The van der Waals surface area contributed by atoms with Crippen LogP contribution in [0.25, 0.3) is 17.4 Å². The zero-order valence-electron chi connectivity index (χ0n) is 13.9. The lowest BCUT2D eigenvalue weighted by Gasteiger charge is -2.05. The Hall–Kier alpha value is -3.61. The molecule has 27 heavy (non-hydrogen) atoms. The topological polar surface area (TPSA) is 89.8 Å². The van der Waals surface area contributed by atoms with Crippen LogP contribution in [-0.2, 0) is 4.79 Å². The molecule has 1 heterocycles. The molecule has 0 saturated carbocycles. The van der Waals surface area contributed by atoms with Gasteiger partial charge in [-0.1, -0.05) is 40.2 Å². The number of rotatable bonds is 4. The smallest absolute Gasteiger partial charge is 0.266 e. The van der Waals surface area contributed by atoms with Gasteiger partial charge in [0.2, 0.25) is 0 Å². The Labute approximate surface area is 164 Å². The molecule has 0 radical (unpaired) electrons. The largest absolute Gasteiger partial charge is 0.457 e. The first-order chi connectivity index (χ1) is 13.1. The van der Waals surface area contributed by atoms with Crippen molar-refractivity contribution in [3.63, 3.8) is 0 Å². The lowest BCUT2D eigenvalue weighted by Crippen LogP contribution is -2.14. The van der Waals surface area contributed by atoms with E-state index in [0.717, 1.165) is 10.0 Å². The Bertz CT molecular complexity index is 1100. The number of hydrogen-bond acceptors (Lipinski definition) is 4. The van der Waals surface area contributed by atoms with Gasteiger partial charge in [-0.3, -0.25) is 4.79 Å². The molecule has 0 aliphatic carbocycles. The number of benzene rings is 2. The number of nitriles is 2. The van der Waals surface area contributed by atoms with Gasteiger partial charge in [0.1, 0.15) is 29.2 Å². The normalized spacial score (nSPS) is 10.7. The minimum absolute atomic E-state index is 0.126. The molecule has 0 fully saturated rings. The van der Waals surface area contributed by atoms with Gasteiger partial charge in [0.25, 0.3) is 5.91 Å². The first-order valence-corrected chi connectivity index (χ1v) is 8.68. The molecule has 0 saturated heterocycles. The van der Waals surface area contributed by atoms with E-state index in [1.807, 2.05) is 36.4 Å². The highest BCUT2D eigenvalue weighted by atomic mass is 79.9. The SMILES string of the molecule is N#C/C(=C\c1ccc(-c2ccc(Br)cc2)o1)C(=O)Nc1ccccc1C#N. The van der Waals surface area contributed by atoms with Crippen LogP contribution in [0, 0.1) is 22.7 Å². The molecule has 1 N–H and O–H groups in total. The van der Waals surface area contributed by atoms with E-state index < -0.39 is 5.91 Å². The third-order valence-corrected chi connectivity index (χ3v) is 4.23. The minimum Gasteiger partial charge on any atom is -0.457 e. The van der Waals surface area contributed by atoms with E-state index in [-0.39, 0.29) is 5.57 Å². The summed E-state index contributed by atoms with van der Waals surface area (Å²) in [5.74, 6) is 0.399. The second-order valence-electron chi connectivity index (χ2n) is 5.49. The molecule has 5 nitrogen and oxygen atoms in total. The predicted molar refractivity (Wildman–Crippen MR) is 105 cm³/mol. The molecule has 1 aromatic heterocycles. The Morgan fingerprint density at radius 1 is 1.04 bits per heavy atom. The Morgan fingerprint density at radius 3 is 2.48 bits per heavy atom. The van der Waals surface area contributed by atoms with Crippen molar-refractivity contribution in [1.82, 2.24) is 0 Å². The molecule has 0 atom stereocenters. The molecule has 3 aromatic rings. The monoisotopic (exact) mass is 417 g/mol. The number of anilines is 1. The highest BCUT2D eigenvalue weighted by Gasteiger charge is 2.13. The number of nitrogens with one attached hydrogen (secondary N) is 1. The molecule has 0 unspecified atom stereocenters. The Balaban J connectivity index is 1.82. The summed E-state index contributed by atoms with van der Waals surface area (Å²) in [7, 11) is 0. The van der Waals surface area contributed by atoms with Crippen molar-refractivity contribution < 1.29 is 9.21 Å². The number of hydrogen-bond donors (Lipinski definition) is 1. The van der Waals surface area contributed by atoms with Gasteiger partial charge in [-0.25, -0.2) is 0 Å². The van der Waals surface area contributed by atoms with E-state index in [1.54, 1.807) is 36.4 Å². The lowest BCUT2D eigenvalue weighted by molar-refractivity contribution is -0.112. The number of halogens is 1. The Morgan fingerprint density at radius 2 is 1.78 bits per heavy atom. The average Bonchev–Trinajstić information content (AvgIpc) is 3.15. The van der Waals surface area contributed by atoms with Crippen LogP contribution in [0.3, 0.4) is 0 Å². The summed E-state index contributed by atoms with van der Waals surface area (Å²) < 4.78 is 6.67. The molecule has 6 heteroatoms. The summed E-state index contributed by atoms with van der Waals surface area (Å²) in [4.78, 5) is 12.4. The third-order valence-electron chi connectivity index (χ3n) is 3.70. The molecule has 0 bridgehead atoms. The molecule has 0 aliphatic heterocycles. The van der Waals surface area contributed by atoms with Crippen molar-refractivity contribution in [3.8, 4) is 23.5 Å². The van der Waals surface area contributed by atoms with Crippen LogP contribution >= 0.6 is 15.9 Å². The molecule has 130 valence electrons. The van der Waals surface area contributed by atoms with E-state index >= 15 is 0 Å². The number of carbonyl (C=O) groups is 1. The van der Waals surface area contributed by atoms with Crippen molar-refractivity contribution in [2.24, 2.45) is 0 Å². The van der Waals surface area contributed by atoms with Crippen molar-refractivity contribution in [2.75, 3.05) is 5.32 Å². The van der Waals surface area contributed by atoms with Crippen LogP contribution < -0.4 is 5.32 Å². The second-order valence-corrected chi connectivity index (χ2v) is 6.41. The van der Waals surface area contributed by atoms with Gasteiger partial charge in [0, 0.05) is 16.1 Å². The average molecular weight is 418 g/mol. The first kappa shape index (κ1) is 18.2. The fourth-order valence-corrected chi connectivity index (χ4v) is 2.63. The lowest BCUT2D eigenvalue weighted by atomic mass is 10.1. The van der Waals surface area contributed by atoms with Crippen molar-refractivity contribution in [2.45, 2.75) is 0 Å². The van der Waals surface area contributed by atoms with Crippen LogP contribution in [0.15, 0.2) is 75.1 Å². The number of para-hydroxylation sites is 1. The van der Waals surface area contributed by atoms with Crippen molar-refractivity contribution in [1.29, 1.82) is 10.5 Å². The van der Waals surface area contributed by atoms with Crippen LogP contribution in [0.4, 0.5) is 5.69 Å². The van der Waals surface area contributed by atoms with Gasteiger partial charge in [0.15, 0.2) is 0 Å². The molecule has 0 spiro atoms. The first-order valence-electron chi connectivity index (χ1n) is 7.89. The number of furan rings is 1. The van der Waals surface area contributed by atoms with Crippen LogP contribution in [-0.4, -0.2) is 5.91 Å². The van der Waals surface area contributed by atoms with Crippen LogP contribution in [0.2, 0.25) is 0 Å². The van der Waals surface area contributed by atoms with Gasteiger partial charge < -0.3 is 9.73 Å². The fraction of sp³-hybridized carbons (Fsp3) is 0. The highest BCUT2D eigenvalue weighted by molar-refractivity contribution is 9.10. The van der Waals surface area contributed by atoms with Crippen LogP contribution in [0.5, 0.6) is 0 Å². The van der Waals surface area contributed by atoms with Gasteiger partial charge in [0.05, 0.1) is 11.3 Å². The number of nitrogens with zero attached hydrogens (tertiary/aromatic N) is 2. The van der Waals surface area contributed by atoms with E-state index in [4.69, 9.17) is 9.68 Å². The maximum absolute atomic E-state index is 12.4. The van der Waals surface area contributed by atoms with E-state index in [9.17, 15) is 10.1 Å². The summed E-state index contributed by atoms with van der Waals surface area (Å²) in [6.45, 7) is 0. The standard InChI is InChI=1S/C21H12BrN3O2/c22-17-7-5-14(6-8-17)20-10-9-18(27-20)11-16(13-24)21(26)25-19-4-2-1-3-15(19)12-23/h1-11H,(H,25,26)/b16-11+. The molecular weight excluding hydrogens is 406 g/mol. The quantitative estimate of drug-likeness (QED) is 0.470. The maximum Gasteiger partial charge on any atom is 0.266 e. The molecule has 3 rings (SSSR count). The Kier molecular flexibility index (Phi) is 5.51. The molecule has 1 amide bonds. The third kappa shape index (κ3) is 4.33. The number of carbonyl (C=O) groups excluding carboxylic acids is 1. The summed E-state index contributed by atoms with van der Waals surface area (Å²) in [6.07, 6.45) is 1.37. The van der Waals surface area contributed by atoms with E-state index in [2.05, 4.69) is 21.2 Å². The molecule has 2 aromatic carbocycles.